The van der Waals surface area contributed by atoms with Crippen LogP contribution in [0.25, 0.3) is 72.9 Å². The molecule has 214 valence electrons. The maximum Gasteiger partial charge on any atom is 0.0541 e. The minimum Gasteiger partial charge on any atom is -0.309 e. The first-order valence-electron chi connectivity index (χ1n) is 15.9. The van der Waals surface area contributed by atoms with Gasteiger partial charge in [0.15, 0.2) is 0 Å². The number of fused-ring (bicyclic) bond motifs is 6. The van der Waals surface area contributed by atoms with Gasteiger partial charge in [-0.2, -0.15) is 0 Å². The number of aromatic nitrogens is 2. The van der Waals surface area contributed by atoms with Crippen LogP contribution < -0.4 is 0 Å². The third-order valence-corrected chi connectivity index (χ3v) is 9.37. The van der Waals surface area contributed by atoms with Crippen LogP contribution >= 0.6 is 0 Å². The molecular formula is C43H32N2. The quantitative estimate of drug-likeness (QED) is 0.197. The van der Waals surface area contributed by atoms with E-state index in [1.807, 2.05) is 0 Å². The summed E-state index contributed by atoms with van der Waals surface area (Å²) in [6.07, 6.45) is 19.1. The number of nitrogens with zero attached hydrogens (tertiary/aromatic N) is 2. The zero-order valence-electron chi connectivity index (χ0n) is 25.0. The lowest BCUT2D eigenvalue weighted by atomic mass is 9.98. The minimum absolute atomic E-state index is 0.962. The fraction of sp³-hybridized carbons (Fsp3) is 0.0698. The molecule has 0 amide bonds. The molecule has 9 rings (SSSR count). The van der Waals surface area contributed by atoms with Crippen molar-refractivity contribution in [1.29, 1.82) is 0 Å². The molecule has 2 aliphatic rings. The van der Waals surface area contributed by atoms with Crippen molar-refractivity contribution < 1.29 is 0 Å². The highest BCUT2D eigenvalue weighted by molar-refractivity contribution is 6.10. The van der Waals surface area contributed by atoms with Crippen LogP contribution in [0.1, 0.15) is 36.1 Å². The number of hydrogen-bond donors (Lipinski definition) is 0. The first kappa shape index (κ1) is 25.9. The number of para-hydroxylation sites is 2. The molecule has 0 fully saturated rings. The lowest BCUT2D eigenvalue weighted by molar-refractivity contribution is 1.04. The Morgan fingerprint density at radius 3 is 1.80 bits per heavy atom. The number of hydrogen-bond acceptors (Lipinski definition) is 0. The molecule has 2 heterocycles. The van der Waals surface area contributed by atoms with Gasteiger partial charge in [-0.1, -0.05) is 103 Å². The van der Waals surface area contributed by atoms with E-state index in [0.717, 1.165) is 19.3 Å². The molecule has 0 saturated heterocycles. The molecule has 2 heteroatoms. The Morgan fingerprint density at radius 1 is 0.444 bits per heavy atom. The Balaban J connectivity index is 1.09. The summed E-state index contributed by atoms with van der Waals surface area (Å²) >= 11 is 0. The van der Waals surface area contributed by atoms with Gasteiger partial charge in [0.2, 0.25) is 0 Å². The number of allylic oxidation sites excluding steroid dienone is 6. The van der Waals surface area contributed by atoms with Crippen molar-refractivity contribution >= 4 is 50.4 Å². The molecule has 0 radical (unpaired) electrons. The van der Waals surface area contributed by atoms with Gasteiger partial charge in [0.25, 0.3) is 0 Å². The molecule has 0 bridgehead atoms. The van der Waals surface area contributed by atoms with E-state index in [4.69, 9.17) is 0 Å². The van der Waals surface area contributed by atoms with Gasteiger partial charge in [-0.25, -0.2) is 0 Å². The monoisotopic (exact) mass is 576 g/mol. The van der Waals surface area contributed by atoms with Crippen LogP contribution in [0.15, 0.2) is 146 Å². The van der Waals surface area contributed by atoms with Gasteiger partial charge in [0, 0.05) is 33.1 Å². The average Bonchev–Trinajstić information content (AvgIpc) is 3.48. The summed E-state index contributed by atoms with van der Waals surface area (Å²) in [5, 5.41) is 3.87. The zero-order chi connectivity index (χ0) is 29.7. The highest BCUT2D eigenvalue weighted by Crippen LogP contribution is 2.36. The predicted molar refractivity (Wildman–Crippen MR) is 192 cm³/mol. The molecule has 45 heavy (non-hydrogen) atoms. The average molecular weight is 577 g/mol. The van der Waals surface area contributed by atoms with Crippen molar-refractivity contribution in [3.8, 4) is 22.5 Å². The Bertz CT molecular complexity index is 2370. The molecule has 0 N–H and O–H groups in total. The minimum atomic E-state index is 0.962. The van der Waals surface area contributed by atoms with E-state index in [9.17, 15) is 0 Å². The van der Waals surface area contributed by atoms with Crippen LogP contribution in [-0.4, -0.2) is 9.13 Å². The molecule has 0 atom stereocenters. The van der Waals surface area contributed by atoms with Crippen molar-refractivity contribution in [1.82, 2.24) is 9.13 Å². The van der Waals surface area contributed by atoms with Gasteiger partial charge in [-0.3, -0.25) is 0 Å². The molecule has 0 saturated carbocycles. The van der Waals surface area contributed by atoms with E-state index < -0.39 is 0 Å². The van der Waals surface area contributed by atoms with E-state index in [2.05, 4.69) is 167 Å². The van der Waals surface area contributed by atoms with Crippen LogP contribution in [0.5, 0.6) is 0 Å². The van der Waals surface area contributed by atoms with Crippen molar-refractivity contribution in [3.63, 3.8) is 0 Å². The van der Waals surface area contributed by atoms with Crippen LogP contribution in [0.2, 0.25) is 0 Å². The van der Waals surface area contributed by atoms with Gasteiger partial charge in [0.05, 0.1) is 22.2 Å². The van der Waals surface area contributed by atoms with Gasteiger partial charge in [0.1, 0.15) is 0 Å². The molecule has 7 aromatic rings. The van der Waals surface area contributed by atoms with Gasteiger partial charge in [-0.15, -0.1) is 0 Å². The second-order valence-electron chi connectivity index (χ2n) is 12.0. The van der Waals surface area contributed by atoms with Crippen LogP contribution in [0, 0.1) is 0 Å². The SMILES string of the molecule is C1=Cc2c(n(-c3ccc(-c4ccc(-n5c6ccccc6c6cc(C7=CCCC=C7)ccc65)cc4)cc3)c3ccccc23)C=CC1. The highest BCUT2D eigenvalue weighted by Gasteiger charge is 2.17. The van der Waals surface area contributed by atoms with Crippen LogP contribution in [-0.2, 0) is 0 Å². The van der Waals surface area contributed by atoms with E-state index in [-0.39, 0.29) is 0 Å². The van der Waals surface area contributed by atoms with Gasteiger partial charge in [-0.05, 0) is 96.1 Å². The maximum absolute atomic E-state index is 2.40. The van der Waals surface area contributed by atoms with E-state index in [0.29, 0.717) is 0 Å². The predicted octanol–water partition coefficient (Wildman–Crippen LogP) is 11.6. The highest BCUT2D eigenvalue weighted by atomic mass is 15.0. The normalized spacial score (nSPS) is 14.3. The summed E-state index contributed by atoms with van der Waals surface area (Å²) in [5.41, 5.74) is 13.6. The fourth-order valence-electron chi connectivity index (χ4n) is 7.21. The zero-order valence-corrected chi connectivity index (χ0v) is 25.0. The van der Waals surface area contributed by atoms with E-state index in [1.54, 1.807) is 0 Å². The standard InChI is InChI=1S/C43H32N2/c1-3-11-30(12-4-1)33-23-28-43-39(29-33)38-15-8-10-18-42(38)45(43)35-26-21-32(22-27-35)31-19-24-34(25-20-31)44-40-16-6-2-5-13-36(40)37-14-7-9-17-41(37)44/h3,5-29H,1-2,4H2. The third kappa shape index (κ3) is 4.25. The molecule has 0 aliphatic heterocycles. The smallest absolute Gasteiger partial charge is 0.0541 e. The van der Waals surface area contributed by atoms with E-state index in [1.165, 1.54) is 77.6 Å². The third-order valence-electron chi connectivity index (χ3n) is 9.37. The molecular weight excluding hydrogens is 544 g/mol. The Morgan fingerprint density at radius 2 is 1.07 bits per heavy atom. The topological polar surface area (TPSA) is 9.86 Å². The summed E-state index contributed by atoms with van der Waals surface area (Å²) in [7, 11) is 0. The van der Waals surface area contributed by atoms with Crippen molar-refractivity contribution in [2.45, 2.75) is 19.3 Å². The molecule has 2 aromatic heterocycles. The molecule has 2 aliphatic carbocycles. The Kier molecular flexibility index (Phi) is 6.05. The first-order valence-corrected chi connectivity index (χ1v) is 15.9. The summed E-state index contributed by atoms with van der Waals surface area (Å²) in [6, 6.07) is 42.4. The van der Waals surface area contributed by atoms with Gasteiger partial charge < -0.3 is 9.13 Å². The first-order chi connectivity index (χ1) is 22.3. The van der Waals surface area contributed by atoms with Crippen molar-refractivity contribution in [3.05, 3.63) is 162 Å². The van der Waals surface area contributed by atoms with Crippen molar-refractivity contribution in [2.75, 3.05) is 0 Å². The molecule has 5 aromatic carbocycles. The Hall–Kier alpha value is -5.60. The van der Waals surface area contributed by atoms with E-state index >= 15 is 0 Å². The number of benzene rings is 5. The largest absolute Gasteiger partial charge is 0.309 e. The van der Waals surface area contributed by atoms with Gasteiger partial charge >= 0.3 is 0 Å². The summed E-state index contributed by atoms with van der Waals surface area (Å²) in [4.78, 5) is 0. The molecule has 0 unspecified atom stereocenters. The summed E-state index contributed by atoms with van der Waals surface area (Å²) < 4.78 is 4.79. The lowest BCUT2D eigenvalue weighted by Crippen LogP contribution is -1.97. The summed E-state index contributed by atoms with van der Waals surface area (Å²) in [6.45, 7) is 0. The van der Waals surface area contributed by atoms with Crippen LogP contribution in [0.3, 0.4) is 0 Å². The van der Waals surface area contributed by atoms with Crippen LogP contribution in [0.4, 0.5) is 0 Å². The lowest BCUT2D eigenvalue weighted by Gasteiger charge is -2.12. The van der Waals surface area contributed by atoms with Crippen molar-refractivity contribution in [2.24, 2.45) is 0 Å². The molecule has 0 spiro atoms. The second kappa shape index (κ2) is 10.5. The fourth-order valence-corrected chi connectivity index (χ4v) is 7.21. The summed E-state index contributed by atoms with van der Waals surface area (Å²) in [5.74, 6) is 0. The number of rotatable bonds is 4. The molecule has 2 nitrogen and oxygen atoms in total. The Labute approximate surface area is 263 Å². The second-order valence-corrected chi connectivity index (χ2v) is 12.0. The maximum atomic E-state index is 2.40.